The van der Waals surface area contributed by atoms with Gasteiger partial charge in [0, 0.05) is 11.7 Å². The van der Waals surface area contributed by atoms with Crippen LogP contribution in [-0.4, -0.2) is 28.8 Å². The summed E-state index contributed by atoms with van der Waals surface area (Å²) < 4.78 is 5.14. The number of ether oxygens (including phenoxy) is 1. The molecule has 0 saturated carbocycles. The van der Waals surface area contributed by atoms with Crippen molar-refractivity contribution < 1.29 is 19.4 Å². The average Bonchev–Trinajstić information content (AvgIpc) is 2.27. The van der Waals surface area contributed by atoms with Crippen LogP contribution in [0.25, 0.3) is 0 Å². The maximum Gasteiger partial charge on any atom is 0.412 e. The van der Waals surface area contributed by atoms with Gasteiger partial charge in [-0.25, -0.2) is 4.79 Å². The van der Waals surface area contributed by atoms with Crippen LogP contribution in [0.15, 0.2) is 24.3 Å². The Bertz CT molecular complexity index is 491. The number of nitrogens with two attached hydrogens (primary N) is 1. The first-order valence-electron chi connectivity index (χ1n) is 6.72. The minimum atomic E-state index is -0.911. The van der Waals surface area contributed by atoms with E-state index in [1.165, 1.54) is 0 Å². The largest absolute Gasteiger partial charge is 0.481 e. The molecule has 1 aromatic carbocycles. The fourth-order valence-corrected chi connectivity index (χ4v) is 1.74. The van der Waals surface area contributed by atoms with Crippen LogP contribution in [-0.2, 0) is 16.0 Å². The minimum Gasteiger partial charge on any atom is -0.481 e. The molecule has 0 heterocycles. The van der Waals surface area contributed by atoms with Crippen LogP contribution < -0.4 is 11.1 Å². The molecule has 116 valence electrons. The summed E-state index contributed by atoms with van der Waals surface area (Å²) in [7, 11) is 0. The number of carbonyl (C=O) groups is 2. The van der Waals surface area contributed by atoms with Gasteiger partial charge in [-0.1, -0.05) is 12.1 Å². The van der Waals surface area contributed by atoms with Crippen LogP contribution >= 0.6 is 0 Å². The van der Waals surface area contributed by atoms with E-state index in [1.54, 1.807) is 45.0 Å². The first-order chi connectivity index (χ1) is 9.65. The summed E-state index contributed by atoms with van der Waals surface area (Å²) in [6.07, 6.45) is -0.116. The fourth-order valence-electron chi connectivity index (χ4n) is 1.74. The Morgan fingerprint density at radius 3 is 2.33 bits per heavy atom. The molecule has 0 spiro atoms. The summed E-state index contributed by atoms with van der Waals surface area (Å²) in [6, 6.07) is 6.63. The Labute approximate surface area is 124 Å². The summed E-state index contributed by atoms with van der Waals surface area (Å²) in [4.78, 5) is 22.1. The van der Waals surface area contributed by atoms with Gasteiger partial charge in [0.15, 0.2) is 0 Å². The molecule has 1 atom stereocenters. The van der Waals surface area contributed by atoms with E-state index >= 15 is 0 Å². The molecule has 0 saturated heterocycles. The molecular weight excluding hydrogens is 272 g/mol. The number of amides is 1. The van der Waals surface area contributed by atoms with Crippen LogP contribution in [0.2, 0.25) is 0 Å². The van der Waals surface area contributed by atoms with Gasteiger partial charge in [0.2, 0.25) is 0 Å². The van der Waals surface area contributed by atoms with Crippen molar-refractivity contribution in [1.82, 2.24) is 0 Å². The second kappa shape index (κ2) is 7.08. The lowest BCUT2D eigenvalue weighted by Gasteiger charge is -2.19. The molecule has 0 bridgehead atoms. The van der Waals surface area contributed by atoms with Gasteiger partial charge in [-0.3, -0.25) is 10.1 Å². The predicted octanol–water partition coefficient (Wildman–Crippen LogP) is 2.38. The highest BCUT2D eigenvalue weighted by Gasteiger charge is 2.16. The van der Waals surface area contributed by atoms with Crippen molar-refractivity contribution in [3.63, 3.8) is 0 Å². The third-order valence-electron chi connectivity index (χ3n) is 2.53. The van der Waals surface area contributed by atoms with Gasteiger partial charge in [0.1, 0.15) is 5.60 Å². The lowest BCUT2D eigenvalue weighted by Crippen LogP contribution is -2.27. The molecule has 0 radical (unpaired) electrons. The number of carboxylic acid groups (broad SMARTS) is 1. The Hall–Kier alpha value is -2.08. The average molecular weight is 294 g/mol. The zero-order chi connectivity index (χ0) is 16.0. The van der Waals surface area contributed by atoms with Gasteiger partial charge in [-0.05, 0) is 44.9 Å². The fraction of sp³-hybridized carbons (Fsp3) is 0.467. The highest BCUT2D eigenvalue weighted by atomic mass is 16.6. The number of carboxylic acids is 1. The molecular formula is C15H22N2O4. The van der Waals surface area contributed by atoms with Gasteiger partial charge in [-0.2, -0.15) is 0 Å². The number of carbonyl (C=O) groups excluding carboxylic acids is 1. The lowest BCUT2D eigenvalue weighted by molar-refractivity contribution is -0.137. The zero-order valence-corrected chi connectivity index (χ0v) is 12.6. The smallest absolute Gasteiger partial charge is 0.412 e. The molecule has 0 aliphatic carbocycles. The summed E-state index contributed by atoms with van der Waals surface area (Å²) in [5.74, 6) is -0.911. The first-order valence-corrected chi connectivity index (χ1v) is 6.72. The monoisotopic (exact) mass is 294 g/mol. The van der Waals surface area contributed by atoms with Gasteiger partial charge < -0.3 is 15.6 Å². The van der Waals surface area contributed by atoms with Crippen molar-refractivity contribution >= 4 is 17.7 Å². The van der Waals surface area contributed by atoms with Crippen molar-refractivity contribution in [1.29, 1.82) is 0 Å². The molecule has 0 aliphatic heterocycles. The Balaban J connectivity index is 2.54. The number of hydrogen-bond donors (Lipinski definition) is 3. The van der Waals surface area contributed by atoms with Crippen LogP contribution in [0, 0.1) is 0 Å². The standard InChI is InChI=1S/C15H22N2O4/c1-15(2,3)21-14(20)17-12-6-4-10(5-7-12)8-11(16)9-13(18)19/h4-7,11H,8-9,16H2,1-3H3,(H,17,20)(H,18,19). The zero-order valence-electron chi connectivity index (χ0n) is 12.6. The van der Waals surface area contributed by atoms with E-state index < -0.39 is 23.7 Å². The molecule has 1 rings (SSSR count). The van der Waals surface area contributed by atoms with E-state index in [-0.39, 0.29) is 6.42 Å². The van der Waals surface area contributed by atoms with E-state index in [0.29, 0.717) is 12.1 Å². The van der Waals surface area contributed by atoms with Crippen molar-refractivity contribution in [2.24, 2.45) is 5.73 Å². The van der Waals surface area contributed by atoms with E-state index in [2.05, 4.69) is 5.32 Å². The van der Waals surface area contributed by atoms with Crippen LogP contribution in [0.1, 0.15) is 32.8 Å². The summed E-state index contributed by atoms with van der Waals surface area (Å²) in [5.41, 5.74) is 6.70. The number of anilines is 1. The molecule has 1 unspecified atom stereocenters. The van der Waals surface area contributed by atoms with Crippen molar-refractivity contribution in [2.75, 3.05) is 5.32 Å². The maximum atomic E-state index is 11.6. The summed E-state index contributed by atoms with van der Waals surface area (Å²) >= 11 is 0. The van der Waals surface area contributed by atoms with Crippen LogP contribution in [0.5, 0.6) is 0 Å². The number of nitrogens with one attached hydrogen (secondary N) is 1. The number of rotatable bonds is 5. The predicted molar refractivity (Wildman–Crippen MR) is 80.2 cm³/mol. The molecule has 0 fully saturated rings. The second-order valence-electron chi connectivity index (χ2n) is 5.89. The quantitative estimate of drug-likeness (QED) is 0.774. The first kappa shape index (κ1) is 17.0. The van der Waals surface area contributed by atoms with Gasteiger partial charge in [0.25, 0.3) is 0 Å². The maximum absolute atomic E-state index is 11.6. The third-order valence-corrected chi connectivity index (χ3v) is 2.53. The molecule has 21 heavy (non-hydrogen) atoms. The van der Waals surface area contributed by atoms with Gasteiger partial charge >= 0.3 is 12.1 Å². The van der Waals surface area contributed by atoms with E-state index in [9.17, 15) is 9.59 Å². The summed E-state index contributed by atoms with van der Waals surface area (Å²) in [6.45, 7) is 5.37. The number of benzene rings is 1. The number of hydrogen-bond acceptors (Lipinski definition) is 4. The van der Waals surface area contributed by atoms with E-state index in [0.717, 1.165) is 5.56 Å². The summed E-state index contributed by atoms with van der Waals surface area (Å²) in [5, 5.41) is 11.3. The molecule has 6 nitrogen and oxygen atoms in total. The Morgan fingerprint density at radius 2 is 1.86 bits per heavy atom. The van der Waals surface area contributed by atoms with E-state index in [4.69, 9.17) is 15.6 Å². The van der Waals surface area contributed by atoms with Gasteiger partial charge in [-0.15, -0.1) is 0 Å². The molecule has 1 aromatic rings. The molecule has 0 aliphatic rings. The molecule has 1 amide bonds. The van der Waals surface area contributed by atoms with Crippen molar-refractivity contribution in [3.05, 3.63) is 29.8 Å². The molecule has 4 N–H and O–H groups in total. The lowest BCUT2D eigenvalue weighted by atomic mass is 10.0. The van der Waals surface area contributed by atoms with Crippen LogP contribution in [0.3, 0.4) is 0 Å². The molecule has 0 aromatic heterocycles. The van der Waals surface area contributed by atoms with Crippen molar-refractivity contribution in [3.8, 4) is 0 Å². The Morgan fingerprint density at radius 1 is 1.29 bits per heavy atom. The van der Waals surface area contributed by atoms with E-state index in [1.807, 2.05) is 0 Å². The molecule has 6 heteroatoms. The Kier molecular flexibility index (Phi) is 5.72. The second-order valence-corrected chi connectivity index (χ2v) is 5.89. The topological polar surface area (TPSA) is 102 Å². The SMILES string of the molecule is CC(C)(C)OC(=O)Nc1ccc(CC(N)CC(=O)O)cc1. The van der Waals surface area contributed by atoms with Crippen LogP contribution in [0.4, 0.5) is 10.5 Å². The van der Waals surface area contributed by atoms with Crippen molar-refractivity contribution in [2.45, 2.75) is 45.3 Å². The highest BCUT2D eigenvalue weighted by molar-refractivity contribution is 5.84. The highest BCUT2D eigenvalue weighted by Crippen LogP contribution is 2.14. The normalized spacial score (nSPS) is 12.6. The minimum absolute atomic E-state index is 0.0715. The van der Waals surface area contributed by atoms with Gasteiger partial charge in [0.05, 0.1) is 6.42 Å². The third kappa shape index (κ3) is 7.31. The number of aliphatic carboxylic acids is 1.